The zero-order chi connectivity index (χ0) is 17.1. The van der Waals surface area contributed by atoms with E-state index in [-0.39, 0.29) is 0 Å². The van der Waals surface area contributed by atoms with Crippen LogP contribution >= 0.6 is 8.58 Å². The van der Waals surface area contributed by atoms with E-state index < -0.39 is 0 Å². The molecule has 1 saturated heterocycles. The summed E-state index contributed by atoms with van der Waals surface area (Å²) in [4.78, 5) is 2.58. The summed E-state index contributed by atoms with van der Waals surface area (Å²) in [6.45, 7) is 9.72. The fourth-order valence-electron chi connectivity index (χ4n) is 3.53. The largest absolute Gasteiger partial charge is 0.507 e. The molecular weight excluding hydrogens is 313 g/mol. The van der Waals surface area contributed by atoms with Crippen LogP contribution in [0, 0.1) is 20.8 Å². The lowest BCUT2D eigenvalue weighted by Gasteiger charge is -2.27. The summed E-state index contributed by atoms with van der Waals surface area (Å²) >= 11 is 0. The standard InChI is InChI=1S/C21H28NOP/c1-15-7-8-19(18(12-15)14-22-9-5-4-6-10-22)24-20-13-16(2)11-17(3)21(20)23/h7-8,11-13,23-24H,4-6,9-10,14H2,1-3H3. The van der Waals surface area contributed by atoms with E-state index in [1.165, 1.54) is 54.3 Å². The van der Waals surface area contributed by atoms with Gasteiger partial charge in [-0.2, -0.15) is 0 Å². The van der Waals surface area contributed by atoms with Crippen molar-refractivity contribution >= 4 is 19.2 Å². The molecule has 0 saturated carbocycles. The molecule has 0 amide bonds. The van der Waals surface area contributed by atoms with Crippen molar-refractivity contribution in [3.05, 3.63) is 52.6 Å². The number of aromatic hydroxyl groups is 1. The van der Waals surface area contributed by atoms with E-state index in [1.54, 1.807) is 0 Å². The van der Waals surface area contributed by atoms with Crippen molar-refractivity contribution in [2.45, 2.75) is 46.6 Å². The molecule has 24 heavy (non-hydrogen) atoms. The Balaban J connectivity index is 1.87. The van der Waals surface area contributed by atoms with Crippen LogP contribution in [0.2, 0.25) is 0 Å². The summed E-state index contributed by atoms with van der Waals surface area (Å²) in [5.41, 5.74) is 4.94. The summed E-state index contributed by atoms with van der Waals surface area (Å²) in [6.07, 6.45) is 4.01. The second-order valence-corrected chi connectivity index (χ2v) is 8.43. The molecule has 2 aromatic carbocycles. The molecule has 3 rings (SSSR count). The molecule has 0 aliphatic carbocycles. The number of hydrogen-bond acceptors (Lipinski definition) is 2. The topological polar surface area (TPSA) is 23.5 Å². The minimum absolute atomic E-state index is 0.462. The van der Waals surface area contributed by atoms with E-state index in [0.29, 0.717) is 14.3 Å². The van der Waals surface area contributed by atoms with E-state index in [0.717, 1.165) is 17.4 Å². The van der Waals surface area contributed by atoms with Crippen molar-refractivity contribution in [2.75, 3.05) is 13.1 Å². The highest BCUT2D eigenvalue weighted by Gasteiger charge is 2.14. The van der Waals surface area contributed by atoms with Gasteiger partial charge < -0.3 is 5.11 Å². The molecule has 0 spiro atoms. The molecule has 1 atom stereocenters. The Bertz CT molecular complexity index is 720. The lowest BCUT2D eigenvalue weighted by Crippen LogP contribution is -2.30. The third-order valence-electron chi connectivity index (χ3n) is 4.82. The first-order chi connectivity index (χ1) is 11.5. The number of hydrogen-bond donors (Lipinski definition) is 1. The summed E-state index contributed by atoms with van der Waals surface area (Å²) in [5, 5.41) is 12.9. The number of piperidine rings is 1. The van der Waals surface area contributed by atoms with Crippen LogP contribution in [0.25, 0.3) is 0 Å². The monoisotopic (exact) mass is 341 g/mol. The molecule has 2 aromatic rings. The number of nitrogens with zero attached hydrogens (tertiary/aromatic N) is 1. The Morgan fingerprint density at radius 1 is 0.917 bits per heavy atom. The molecule has 0 aromatic heterocycles. The fraction of sp³-hybridized carbons (Fsp3) is 0.429. The van der Waals surface area contributed by atoms with Crippen LogP contribution in [-0.4, -0.2) is 23.1 Å². The third kappa shape index (κ3) is 4.18. The van der Waals surface area contributed by atoms with Crippen molar-refractivity contribution in [3.8, 4) is 5.75 Å². The lowest BCUT2D eigenvalue weighted by atomic mass is 10.1. The first kappa shape index (κ1) is 17.5. The highest BCUT2D eigenvalue weighted by molar-refractivity contribution is 7.55. The van der Waals surface area contributed by atoms with Crippen molar-refractivity contribution in [2.24, 2.45) is 0 Å². The Kier molecular flexibility index (Phi) is 5.58. The average Bonchev–Trinajstić information content (AvgIpc) is 2.55. The normalized spacial score (nSPS) is 16.1. The molecule has 1 unspecified atom stereocenters. The molecule has 1 heterocycles. The van der Waals surface area contributed by atoms with Gasteiger partial charge in [0.25, 0.3) is 0 Å². The van der Waals surface area contributed by atoms with E-state index in [4.69, 9.17) is 0 Å². The second-order valence-electron chi connectivity index (χ2n) is 7.10. The molecule has 1 fully saturated rings. The van der Waals surface area contributed by atoms with Gasteiger partial charge in [-0.1, -0.05) is 44.8 Å². The zero-order valence-electron chi connectivity index (χ0n) is 15.0. The van der Waals surface area contributed by atoms with Gasteiger partial charge >= 0.3 is 0 Å². The van der Waals surface area contributed by atoms with Crippen LogP contribution in [0.4, 0.5) is 0 Å². The quantitative estimate of drug-likeness (QED) is 0.852. The van der Waals surface area contributed by atoms with Gasteiger partial charge in [-0.15, -0.1) is 0 Å². The Morgan fingerprint density at radius 3 is 2.42 bits per heavy atom. The Hall–Kier alpha value is -1.37. The molecule has 128 valence electrons. The van der Waals surface area contributed by atoms with E-state index >= 15 is 0 Å². The highest BCUT2D eigenvalue weighted by atomic mass is 31.1. The second kappa shape index (κ2) is 7.68. The SMILES string of the molecule is Cc1ccc(Pc2cc(C)cc(C)c2O)c(CN2CCCCC2)c1. The number of likely N-dealkylation sites (tertiary alicyclic amines) is 1. The molecule has 3 heteroatoms. The highest BCUT2D eigenvalue weighted by Crippen LogP contribution is 2.25. The van der Waals surface area contributed by atoms with Crippen molar-refractivity contribution in [1.82, 2.24) is 4.90 Å². The minimum Gasteiger partial charge on any atom is -0.507 e. The number of phenolic OH excluding ortho intramolecular Hbond substituents is 1. The number of aryl methyl sites for hydroxylation is 3. The minimum atomic E-state index is 0.462. The molecular formula is C21H28NOP. The number of benzene rings is 2. The smallest absolute Gasteiger partial charge is 0.126 e. The van der Waals surface area contributed by atoms with Gasteiger partial charge in [-0.3, -0.25) is 4.90 Å². The van der Waals surface area contributed by atoms with Gasteiger partial charge in [0.05, 0.1) is 0 Å². The molecule has 1 N–H and O–H groups in total. The molecule has 2 nitrogen and oxygen atoms in total. The van der Waals surface area contributed by atoms with E-state index in [2.05, 4.69) is 43.0 Å². The summed E-state index contributed by atoms with van der Waals surface area (Å²) < 4.78 is 0. The van der Waals surface area contributed by atoms with E-state index in [1.807, 2.05) is 13.0 Å². The van der Waals surface area contributed by atoms with Crippen LogP contribution in [0.5, 0.6) is 5.75 Å². The molecule has 1 aliphatic heterocycles. The first-order valence-electron chi connectivity index (χ1n) is 8.92. The van der Waals surface area contributed by atoms with Gasteiger partial charge in [0.15, 0.2) is 0 Å². The summed E-state index contributed by atoms with van der Waals surface area (Å²) in [6, 6.07) is 11.0. The van der Waals surface area contributed by atoms with Crippen LogP contribution < -0.4 is 10.6 Å². The lowest BCUT2D eigenvalue weighted by molar-refractivity contribution is 0.221. The molecule has 0 radical (unpaired) electrons. The van der Waals surface area contributed by atoms with Crippen LogP contribution in [0.3, 0.4) is 0 Å². The predicted octanol–water partition coefficient (Wildman–Crippen LogP) is 3.93. The van der Waals surface area contributed by atoms with Gasteiger partial charge in [0.1, 0.15) is 5.75 Å². The number of phenols is 1. The molecule has 0 bridgehead atoms. The predicted molar refractivity (Wildman–Crippen MR) is 105 cm³/mol. The zero-order valence-corrected chi connectivity index (χ0v) is 16.0. The summed E-state index contributed by atoms with van der Waals surface area (Å²) in [7, 11) is 0.508. The van der Waals surface area contributed by atoms with Gasteiger partial charge in [0, 0.05) is 11.8 Å². The maximum absolute atomic E-state index is 10.4. The van der Waals surface area contributed by atoms with Crippen molar-refractivity contribution in [3.63, 3.8) is 0 Å². The maximum atomic E-state index is 10.4. The average molecular weight is 341 g/mol. The number of rotatable bonds is 4. The van der Waals surface area contributed by atoms with Crippen LogP contribution in [-0.2, 0) is 6.54 Å². The van der Waals surface area contributed by atoms with Crippen molar-refractivity contribution < 1.29 is 5.11 Å². The Morgan fingerprint density at radius 2 is 1.67 bits per heavy atom. The Labute approximate surface area is 147 Å². The van der Waals surface area contributed by atoms with E-state index in [9.17, 15) is 5.11 Å². The third-order valence-corrected chi connectivity index (χ3v) is 6.23. The first-order valence-corrected chi connectivity index (χ1v) is 9.92. The molecule has 1 aliphatic rings. The van der Waals surface area contributed by atoms with Crippen LogP contribution in [0.1, 0.15) is 41.5 Å². The van der Waals surface area contributed by atoms with Gasteiger partial charge in [-0.05, 0) is 74.8 Å². The van der Waals surface area contributed by atoms with Crippen molar-refractivity contribution in [1.29, 1.82) is 0 Å². The van der Waals surface area contributed by atoms with Gasteiger partial charge in [-0.25, -0.2) is 0 Å². The van der Waals surface area contributed by atoms with Gasteiger partial charge in [0.2, 0.25) is 0 Å². The maximum Gasteiger partial charge on any atom is 0.126 e. The van der Waals surface area contributed by atoms with Crippen LogP contribution in [0.15, 0.2) is 30.3 Å². The summed E-state index contributed by atoms with van der Waals surface area (Å²) in [5.74, 6) is 0.462. The fourth-order valence-corrected chi connectivity index (χ4v) is 4.92.